The van der Waals surface area contributed by atoms with Crippen LogP contribution in [0.2, 0.25) is 0 Å². The third-order valence-electron chi connectivity index (χ3n) is 6.25. The number of benzene rings is 2. The molecule has 0 atom stereocenters. The highest BCUT2D eigenvalue weighted by molar-refractivity contribution is 5.92. The SMILES string of the molecule is CC(C)C(=O)Nc1cccc(C2CCN(Cc3c[nH]c4c([N+](C)=O)cccc34)CC2)c1. The number of para-hydroxylation sites is 1. The van der Waals surface area contributed by atoms with Crippen LogP contribution in [0.3, 0.4) is 0 Å². The molecule has 1 aliphatic heterocycles. The van der Waals surface area contributed by atoms with Gasteiger partial charge in [0.25, 0.3) is 5.69 Å². The van der Waals surface area contributed by atoms with Crippen molar-refractivity contribution in [3.63, 3.8) is 0 Å². The molecule has 162 valence electrons. The zero-order valence-electron chi connectivity index (χ0n) is 18.5. The van der Waals surface area contributed by atoms with Crippen LogP contribution in [0.15, 0.2) is 48.7 Å². The minimum absolute atomic E-state index is 0.0264. The van der Waals surface area contributed by atoms with Crippen LogP contribution >= 0.6 is 0 Å². The molecule has 0 radical (unpaired) electrons. The molecular formula is C25H31N4O2+. The first-order chi connectivity index (χ1) is 14.9. The Morgan fingerprint density at radius 2 is 1.94 bits per heavy atom. The number of carbonyl (C=O) groups excluding carboxylic acids is 1. The van der Waals surface area contributed by atoms with Gasteiger partial charge in [-0.1, -0.05) is 38.1 Å². The van der Waals surface area contributed by atoms with E-state index in [1.54, 1.807) is 0 Å². The molecule has 6 heteroatoms. The Hall–Kier alpha value is -2.99. The summed E-state index contributed by atoms with van der Waals surface area (Å²) in [5, 5.41) is 4.13. The second kappa shape index (κ2) is 9.02. The predicted octanol–water partition coefficient (Wildman–Crippen LogP) is 5.18. The summed E-state index contributed by atoms with van der Waals surface area (Å²) in [5.41, 5.74) is 5.00. The fourth-order valence-corrected chi connectivity index (χ4v) is 4.41. The molecule has 0 aliphatic carbocycles. The quantitative estimate of drug-likeness (QED) is 0.541. The molecule has 2 aromatic carbocycles. The average molecular weight is 420 g/mol. The Morgan fingerprint density at radius 3 is 2.65 bits per heavy atom. The number of amides is 1. The number of hydrogen-bond acceptors (Lipinski definition) is 3. The average Bonchev–Trinajstić information content (AvgIpc) is 3.17. The van der Waals surface area contributed by atoms with E-state index in [0.29, 0.717) is 11.6 Å². The summed E-state index contributed by atoms with van der Waals surface area (Å²) in [6.07, 6.45) is 4.22. The largest absolute Gasteiger partial charge is 0.355 e. The fourth-order valence-electron chi connectivity index (χ4n) is 4.41. The van der Waals surface area contributed by atoms with Crippen molar-refractivity contribution in [1.29, 1.82) is 0 Å². The number of rotatable bonds is 6. The lowest BCUT2D eigenvalue weighted by Crippen LogP contribution is -2.32. The van der Waals surface area contributed by atoms with E-state index in [1.165, 1.54) is 18.2 Å². The topological polar surface area (TPSA) is 68.2 Å². The lowest BCUT2D eigenvalue weighted by molar-refractivity contribution is -0.426. The van der Waals surface area contributed by atoms with Crippen molar-refractivity contribution in [2.75, 3.05) is 25.5 Å². The summed E-state index contributed by atoms with van der Waals surface area (Å²) >= 11 is 0. The van der Waals surface area contributed by atoms with Gasteiger partial charge in [-0.2, -0.15) is 0 Å². The van der Waals surface area contributed by atoms with Crippen molar-refractivity contribution in [2.45, 2.75) is 39.2 Å². The van der Waals surface area contributed by atoms with Crippen LogP contribution in [0.25, 0.3) is 10.9 Å². The van der Waals surface area contributed by atoms with Gasteiger partial charge in [0.1, 0.15) is 5.52 Å². The monoisotopic (exact) mass is 419 g/mol. The highest BCUT2D eigenvalue weighted by atomic mass is 16.3. The third-order valence-corrected chi connectivity index (χ3v) is 6.25. The second-order valence-electron chi connectivity index (χ2n) is 8.83. The Kier molecular flexibility index (Phi) is 6.18. The zero-order valence-corrected chi connectivity index (χ0v) is 18.5. The fraction of sp³-hybridized carbons (Fsp3) is 0.400. The van der Waals surface area contributed by atoms with E-state index in [4.69, 9.17) is 0 Å². The first-order valence-corrected chi connectivity index (χ1v) is 11.1. The van der Waals surface area contributed by atoms with Gasteiger partial charge < -0.3 is 10.3 Å². The molecule has 31 heavy (non-hydrogen) atoms. The molecule has 0 saturated carbocycles. The van der Waals surface area contributed by atoms with Gasteiger partial charge in [-0.3, -0.25) is 9.69 Å². The number of piperidine rings is 1. The molecule has 6 nitrogen and oxygen atoms in total. The maximum absolute atomic E-state index is 12.0. The number of H-pyrrole nitrogens is 1. The standard InChI is InChI=1S/C25H30N4O2/c1-17(2)25(30)27-21-7-4-6-19(14-21)18-10-12-29(13-11-18)16-20-15-26-24-22(20)8-5-9-23(24)28(3)31/h4-9,14-15,17-18H,10-13,16H2,1-3H3,(H-,26,27,30,31)/p+1. The van der Waals surface area contributed by atoms with Gasteiger partial charge in [0, 0.05) is 45.5 Å². The van der Waals surface area contributed by atoms with Gasteiger partial charge in [-0.25, -0.2) is 0 Å². The molecule has 1 saturated heterocycles. The van der Waals surface area contributed by atoms with Crippen molar-refractivity contribution in [3.8, 4) is 0 Å². The number of aromatic amines is 1. The molecule has 2 heterocycles. The number of nitrogens with zero attached hydrogens (tertiary/aromatic N) is 2. The first kappa shape index (κ1) is 21.2. The zero-order chi connectivity index (χ0) is 22.0. The van der Waals surface area contributed by atoms with Crippen LogP contribution < -0.4 is 5.32 Å². The van der Waals surface area contributed by atoms with Gasteiger partial charge in [0.15, 0.2) is 7.05 Å². The molecule has 1 fully saturated rings. The number of nitrogens with one attached hydrogen (secondary N) is 2. The van der Waals surface area contributed by atoms with Gasteiger partial charge in [-0.05, 0) is 55.1 Å². The molecule has 0 unspecified atom stereocenters. The molecule has 0 bridgehead atoms. The van der Waals surface area contributed by atoms with Crippen LogP contribution in [0.4, 0.5) is 11.4 Å². The van der Waals surface area contributed by atoms with Crippen LogP contribution in [-0.2, 0) is 11.3 Å². The third kappa shape index (κ3) is 4.69. The number of fused-ring (bicyclic) bond motifs is 1. The summed E-state index contributed by atoms with van der Waals surface area (Å²) in [7, 11) is 1.53. The van der Waals surface area contributed by atoms with E-state index in [-0.39, 0.29) is 11.8 Å². The van der Waals surface area contributed by atoms with Crippen molar-refractivity contribution in [2.24, 2.45) is 5.92 Å². The molecule has 3 aromatic rings. The summed E-state index contributed by atoms with van der Waals surface area (Å²) in [6.45, 7) is 6.75. The molecule has 4 rings (SSSR count). The van der Waals surface area contributed by atoms with E-state index in [9.17, 15) is 9.70 Å². The van der Waals surface area contributed by atoms with Gasteiger partial charge >= 0.3 is 0 Å². The molecular weight excluding hydrogens is 388 g/mol. The minimum atomic E-state index is -0.0264. The summed E-state index contributed by atoms with van der Waals surface area (Å²) in [6, 6.07) is 14.2. The maximum atomic E-state index is 12.0. The molecule has 0 spiro atoms. The Bertz CT molecular complexity index is 1090. The second-order valence-corrected chi connectivity index (χ2v) is 8.83. The van der Waals surface area contributed by atoms with Crippen molar-refractivity contribution < 1.29 is 9.55 Å². The van der Waals surface area contributed by atoms with E-state index < -0.39 is 0 Å². The van der Waals surface area contributed by atoms with Crippen molar-refractivity contribution in [3.05, 3.63) is 64.7 Å². The van der Waals surface area contributed by atoms with Crippen LogP contribution in [0.1, 0.15) is 43.7 Å². The number of nitroso groups, excluding NO2 is 1. The number of likely N-dealkylation sites (tertiary alicyclic amines) is 1. The minimum Gasteiger partial charge on any atom is -0.355 e. The van der Waals surface area contributed by atoms with Crippen molar-refractivity contribution in [1.82, 2.24) is 9.88 Å². The maximum Gasteiger partial charge on any atom is 0.279 e. The summed E-state index contributed by atoms with van der Waals surface area (Å²) in [5.74, 6) is 0.536. The summed E-state index contributed by atoms with van der Waals surface area (Å²) in [4.78, 5) is 29.6. The number of anilines is 1. The van der Waals surface area contributed by atoms with Gasteiger partial charge in [0.2, 0.25) is 5.91 Å². The smallest absolute Gasteiger partial charge is 0.279 e. The Morgan fingerprint density at radius 1 is 1.19 bits per heavy atom. The van der Waals surface area contributed by atoms with E-state index in [0.717, 1.165) is 53.8 Å². The van der Waals surface area contributed by atoms with Crippen molar-refractivity contribution >= 4 is 28.2 Å². The van der Waals surface area contributed by atoms with Crippen LogP contribution in [0.5, 0.6) is 0 Å². The molecule has 1 aromatic heterocycles. The highest BCUT2D eigenvalue weighted by Crippen LogP contribution is 2.32. The lowest BCUT2D eigenvalue weighted by Gasteiger charge is -2.32. The lowest BCUT2D eigenvalue weighted by atomic mass is 9.89. The van der Waals surface area contributed by atoms with Gasteiger partial charge in [0.05, 0.1) is 0 Å². The predicted molar refractivity (Wildman–Crippen MR) is 125 cm³/mol. The van der Waals surface area contributed by atoms with E-state index in [2.05, 4.69) is 33.4 Å². The van der Waals surface area contributed by atoms with Crippen LogP contribution in [0, 0.1) is 10.8 Å². The van der Waals surface area contributed by atoms with E-state index in [1.807, 2.05) is 44.3 Å². The molecule has 2 N–H and O–H groups in total. The number of carbonyl (C=O) groups is 1. The van der Waals surface area contributed by atoms with E-state index >= 15 is 0 Å². The normalized spacial score (nSPS) is 15.5. The molecule has 1 amide bonds. The first-order valence-electron chi connectivity index (χ1n) is 11.1. The highest BCUT2D eigenvalue weighted by Gasteiger charge is 2.23. The van der Waals surface area contributed by atoms with Crippen LogP contribution in [-0.4, -0.2) is 40.7 Å². The van der Waals surface area contributed by atoms with Gasteiger partial charge in [-0.15, -0.1) is 0 Å². The number of aromatic nitrogens is 1. The number of hydrogen-bond donors (Lipinski definition) is 2. The Balaban J connectivity index is 1.40. The molecule has 1 aliphatic rings. The summed E-state index contributed by atoms with van der Waals surface area (Å²) < 4.78 is 0.909. The Labute approximate surface area is 183 Å².